The highest BCUT2D eigenvalue weighted by atomic mass is 16.5. The summed E-state index contributed by atoms with van der Waals surface area (Å²) >= 11 is 0. The fourth-order valence-corrected chi connectivity index (χ4v) is 1.45. The summed E-state index contributed by atoms with van der Waals surface area (Å²) < 4.78 is 4.98. The van der Waals surface area contributed by atoms with Crippen molar-refractivity contribution >= 4 is 5.91 Å². The van der Waals surface area contributed by atoms with Gasteiger partial charge in [-0.25, -0.2) is 0 Å². The van der Waals surface area contributed by atoms with Gasteiger partial charge in [0, 0.05) is 25.1 Å². The molecule has 0 rings (SSSR count). The zero-order chi connectivity index (χ0) is 10.5. The Labute approximate surface area is 79.8 Å². The van der Waals surface area contributed by atoms with Crippen LogP contribution in [0.2, 0.25) is 0 Å². The number of nitrogens with one attached hydrogen (secondary N) is 1. The Morgan fingerprint density at radius 3 is 2.54 bits per heavy atom. The Hall–Kier alpha value is -0.610. The molecule has 0 saturated heterocycles. The van der Waals surface area contributed by atoms with Crippen LogP contribution in [0.3, 0.4) is 0 Å². The van der Waals surface area contributed by atoms with Gasteiger partial charge in [-0.15, -0.1) is 0 Å². The van der Waals surface area contributed by atoms with Gasteiger partial charge >= 0.3 is 0 Å². The van der Waals surface area contributed by atoms with Gasteiger partial charge in [0.1, 0.15) is 0 Å². The summed E-state index contributed by atoms with van der Waals surface area (Å²) in [5.41, 5.74) is 4.86. The minimum Gasteiger partial charge on any atom is -0.383 e. The lowest BCUT2D eigenvalue weighted by Gasteiger charge is -2.28. The lowest BCUT2D eigenvalue weighted by Crippen LogP contribution is -2.48. The van der Waals surface area contributed by atoms with Gasteiger partial charge in [-0.1, -0.05) is 0 Å². The molecule has 4 heteroatoms. The average molecular weight is 188 g/mol. The van der Waals surface area contributed by atoms with E-state index in [1.54, 1.807) is 7.11 Å². The summed E-state index contributed by atoms with van der Waals surface area (Å²) in [7, 11) is 1.65. The number of methoxy groups -OCH3 is 1. The van der Waals surface area contributed by atoms with Gasteiger partial charge < -0.3 is 15.8 Å². The van der Waals surface area contributed by atoms with Crippen molar-refractivity contribution in [3.05, 3.63) is 0 Å². The van der Waals surface area contributed by atoms with Crippen LogP contribution < -0.4 is 11.1 Å². The highest BCUT2D eigenvalue weighted by Gasteiger charge is 2.21. The predicted molar refractivity (Wildman–Crippen MR) is 52.4 cm³/mol. The number of hydrogen-bond donors (Lipinski definition) is 2. The smallest absolute Gasteiger partial charge is 0.219 e. The highest BCUT2D eigenvalue weighted by molar-refractivity contribution is 5.74. The molecule has 0 aromatic rings. The standard InChI is InChI=1S/C9H20N2O2/c1-7(6-13-4)11-9(2,3)5-8(10)12/h7,11H,5-6H2,1-4H3,(H2,10,12). The number of nitrogens with two attached hydrogens (primary N) is 1. The van der Waals surface area contributed by atoms with Crippen LogP contribution in [0.15, 0.2) is 0 Å². The molecule has 1 amide bonds. The molecule has 0 radical (unpaired) electrons. The summed E-state index contributed by atoms with van der Waals surface area (Å²) in [4.78, 5) is 10.7. The molecule has 0 bridgehead atoms. The van der Waals surface area contributed by atoms with Gasteiger partial charge in [0.25, 0.3) is 0 Å². The third-order valence-electron chi connectivity index (χ3n) is 1.67. The Bertz CT molecular complexity index is 169. The van der Waals surface area contributed by atoms with E-state index in [1.807, 2.05) is 20.8 Å². The second kappa shape index (κ2) is 5.19. The monoisotopic (exact) mass is 188 g/mol. The van der Waals surface area contributed by atoms with Crippen molar-refractivity contribution < 1.29 is 9.53 Å². The molecule has 0 aliphatic rings. The molecule has 1 unspecified atom stereocenters. The molecular weight excluding hydrogens is 168 g/mol. The number of ether oxygens (including phenoxy) is 1. The topological polar surface area (TPSA) is 64.3 Å². The molecule has 1 atom stereocenters. The summed E-state index contributed by atoms with van der Waals surface area (Å²) in [6.07, 6.45) is 0.334. The largest absolute Gasteiger partial charge is 0.383 e. The molecule has 0 spiro atoms. The maximum absolute atomic E-state index is 10.7. The maximum Gasteiger partial charge on any atom is 0.219 e. The van der Waals surface area contributed by atoms with Crippen molar-refractivity contribution in [3.63, 3.8) is 0 Å². The van der Waals surface area contributed by atoms with Crippen LogP contribution in [0.4, 0.5) is 0 Å². The fraction of sp³-hybridized carbons (Fsp3) is 0.889. The first-order chi connectivity index (χ1) is 5.87. The number of amides is 1. The van der Waals surface area contributed by atoms with Crippen LogP contribution in [0, 0.1) is 0 Å². The van der Waals surface area contributed by atoms with Crippen molar-refractivity contribution in [1.29, 1.82) is 0 Å². The van der Waals surface area contributed by atoms with E-state index in [2.05, 4.69) is 5.32 Å². The molecule has 0 aromatic heterocycles. The number of carbonyl (C=O) groups excluding carboxylic acids is 1. The number of hydrogen-bond acceptors (Lipinski definition) is 3. The minimum atomic E-state index is -0.290. The van der Waals surface area contributed by atoms with Crippen molar-refractivity contribution in [2.24, 2.45) is 5.73 Å². The van der Waals surface area contributed by atoms with Crippen LogP contribution in [-0.4, -0.2) is 31.2 Å². The van der Waals surface area contributed by atoms with Crippen LogP contribution in [0.1, 0.15) is 27.2 Å². The Morgan fingerprint density at radius 2 is 2.15 bits per heavy atom. The van der Waals surface area contributed by atoms with Gasteiger partial charge in [-0.3, -0.25) is 4.79 Å². The maximum atomic E-state index is 10.7. The summed E-state index contributed by atoms with van der Waals surface area (Å²) in [5, 5.41) is 3.26. The zero-order valence-electron chi connectivity index (χ0n) is 8.89. The lowest BCUT2D eigenvalue weighted by atomic mass is 9.99. The third kappa shape index (κ3) is 6.54. The van der Waals surface area contributed by atoms with Crippen LogP contribution in [0.25, 0.3) is 0 Å². The van der Waals surface area contributed by atoms with Crippen molar-refractivity contribution in [2.45, 2.75) is 38.8 Å². The normalized spacial score (nSPS) is 14.2. The number of primary amides is 1. The summed E-state index contributed by atoms with van der Waals surface area (Å²) in [5.74, 6) is -0.290. The minimum absolute atomic E-state index is 0.222. The molecule has 4 nitrogen and oxygen atoms in total. The van der Waals surface area contributed by atoms with Gasteiger partial charge in [-0.05, 0) is 20.8 Å². The van der Waals surface area contributed by atoms with E-state index in [1.165, 1.54) is 0 Å². The van der Waals surface area contributed by atoms with E-state index in [-0.39, 0.29) is 17.5 Å². The molecule has 0 aliphatic heterocycles. The average Bonchev–Trinajstić information content (AvgIpc) is 1.81. The Morgan fingerprint density at radius 1 is 1.62 bits per heavy atom. The molecule has 0 heterocycles. The van der Waals surface area contributed by atoms with Gasteiger partial charge in [0.05, 0.1) is 6.61 Å². The van der Waals surface area contributed by atoms with Crippen LogP contribution in [0.5, 0.6) is 0 Å². The molecule has 0 saturated carbocycles. The molecule has 13 heavy (non-hydrogen) atoms. The lowest BCUT2D eigenvalue weighted by molar-refractivity contribution is -0.119. The molecule has 0 fully saturated rings. The Balaban J connectivity index is 3.92. The van der Waals surface area contributed by atoms with Crippen LogP contribution >= 0.6 is 0 Å². The van der Waals surface area contributed by atoms with E-state index >= 15 is 0 Å². The second-order valence-corrected chi connectivity index (χ2v) is 4.03. The van der Waals surface area contributed by atoms with Crippen molar-refractivity contribution in [1.82, 2.24) is 5.32 Å². The molecule has 0 aromatic carbocycles. The van der Waals surface area contributed by atoms with E-state index in [4.69, 9.17) is 10.5 Å². The van der Waals surface area contributed by atoms with Crippen molar-refractivity contribution in [2.75, 3.05) is 13.7 Å². The van der Waals surface area contributed by atoms with Gasteiger partial charge in [0.2, 0.25) is 5.91 Å². The number of carbonyl (C=O) groups is 1. The zero-order valence-corrected chi connectivity index (χ0v) is 8.89. The van der Waals surface area contributed by atoms with E-state index in [0.717, 1.165) is 0 Å². The predicted octanol–water partition coefficient (Wildman–Crippen LogP) is 0.265. The second-order valence-electron chi connectivity index (χ2n) is 4.03. The molecule has 0 aliphatic carbocycles. The van der Waals surface area contributed by atoms with E-state index < -0.39 is 0 Å². The fourth-order valence-electron chi connectivity index (χ4n) is 1.45. The van der Waals surface area contributed by atoms with Crippen molar-refractivity contribution in [3.8, 4) is 0 Å². The summed E-state index contributed by atoms with van der Waals surface area (Å²) in [6, 6.07) is 0.222. The number of rotatable bonds is 6. The Kier molecular flexibility index (Phi) is 4.95. The first-order valence-corrected chi connectivity index (χ1v) is 4.42. The van der Waals surface area contributed by atoms with E-state index in [0.29, 0.717) is 13.0 Å². The first kappa shape index (κ1) is 12.4. The third-order valence-corrected chi connectivity index (χ3v) is 1.67. The molecule has 3 N–H and O–H groups in total. The van der Waals surface area contributed by atoms with Gasteiger partial charge in [-0.2, -0.15) is 0 Å². The van der Waals surface area contributed by atoms with Crippen LogP contribution in [-0.2, 0) is 9.53 Å². The SMILES string of the molecule is COCC(C)NC(C)(C)CC(N)=O. The van der Waals surface area contributed by atoms with E-state index in [9.17, 15) is 4.79 Å². The van der Waals surface area contributed by atoms with Gasteiger partial charge in [0.15, 0.2) is 0 Å². The first-order valence-electron chi connectivity index (χ1n) is 4.42. The molecular formula is C9H20N2O2. The molecule has 78 valence electrons. The summed E-state index contributed by atoms with van der Waals surface area (Å²) in [6.45, 7) is 6.53. The highest BCUT2D eigenvalue weighted by Crippen LogP contribution is 2.08. The quantitative estimate of drug-likeness (QED) is 0.628.